The molecule has 1 saturated carbocycles. The zero-order valence-electron chi connectivity index (χ0n) is 16.8. The summed E-state index contributed by atoms with van der Waals surface area (Å²) < 4.78 is 5.99. The van der Waals surface area contributed by atoms with Crippen LogP contribution in [-0.2, 0) is 4.74 Å². The predicted octanol–water partition coefficient (Wildman–Crippen LogP) is 3.32. The van der Waals surface area contributed by atoms with Gasteiger partial charge in [-0.25, -0.2) is 0 Å². The maximum atomic E-state index is 5.99. The molecule has 5 nitrogen and oxygen atoms in total. The van der Waals surface area contributed by atoms with E-state index >= 15 is 0 Å². The Morgan fingerprint density at radius 1 is 1.12 bits per heavy atom. The van der Waals surface area contributed by atoms with E-state index in [0.717, 1.165) is 38.7 Å². The number of guanidine groups is 1. The number of nitrogens with zero attached hydrogens (tertiary/aromatic N) is 2. The van der Waals surface area contributed by atoms with Crippen molar-refractivity contribution in [2.75, 3.05) is 39.8 Å². The summed E-state index contributed by atoms with van der Waals surface area (Å²) in [6.07, 6.45) is 15.1. The topological polar surface area (TPSA) is 48.9 Å². The zero-order valence-corrected chi connectivity index (χ0v) is 16.8. The highest BCUT2D eigenvalue weighted by atomic mass is 16.5. The Labute approximate surface area is 160 Å². The van der Waals surface area contributed by atoms with Gasteiger partial charge in [0, 0.05) is 45.9 Å². The molecule has 2 aliphatic rings. The highest BCUT2D eigenvalue weighted by Gasteiger charge is 2.18. The molecule has 0 spiro atoms. The Balaban J connectivity index is 1.46. The molecule has 1 aliphatic heterocycles. The second kappa shape index (κ2) is 13.2. The third-order valence-corrected chi connectivity index (χ3v) is 5.56. The summed E-state index contributed by atoms with van der Waals surface area (Å²) in [5.41, 5.74) is 0. The van der Waals surface area contributed by atoms with Gasteiger partial charge in [-0.3, -0.25) is 9.89 Å². The minimum absolute atomic E-state index is 0.533. The van der Waals surface area contributed by atoms with Crippen LogP contribution in [0.4, 0.5) is 0 Å². The SMILES string of the molecule is C=CCN1CCC(NC(=NC)NCCCCCOC2CCCCC2)CC1. The van der Waals surface area contributed by atoms with Crippen molar-refractivity contribution in [3.8, 4) is 0 Å². The summed E-state index contributed by atoms with van der Waals surface area (Å²) in [6.45, 7) is 9.03. The summed E-state index contributed by atoms with van der Waals surface area (Å²) >= 11 is 0. The van der Waals surface area contributed by atoms with Crippen molar-refractivity contribution in [1.82, 2.24) is 15.5 Å². The lowest BCUT2D eigenvalue weighted by atomic mass is 9.98. The molecule has 0 aromatic carbocycles. The van der Waals surface area contributed by atoms with Gasteiger partial charge in [0.25, 0.3) is 0 Å². The average Bonchev–Trinajstić information content (AvgIpc) is 2.68. The van der Waals surface area contributed by atoms with Crippen molar-refractivity contribution in [3.63, 3.8) is 0 Å². The zero-order chi connectivity index (χ0) is 18.5. The van der Waals surface area contributed by atoms with Crippen LogP contribution in [-0.4, -0.2) is 62.8 Å². The number of nitrogens with one attached hydrogen (secondary N) is 2. The van der Waals surface area contributed by atoms with Crippen molar-refractivity contribution < 1.29 is 4.74 Å². The van der Waals surface area contributed by atoms with E-state index in [1.807, 2.05) is 13.1 Å². The lowest BCUT2D eigenvalue weighted by Gasteiger charge is -2.32. The molecular formula is C21H40N4O. The Hall–Kier alpha value is -1.07. The summed E-state index contributed by atoms with van der Waals surface area (Å²) in [7, 11) is 1.86. The second-order valence-corrected chi connectivity index (χ2v) is 7.70. The van der Waals surface area contributed by atoms with Gasteiger partial charge in [-0.05, 0) is 44.9 Å². The Bertz CT molecular complexity index is 399. The number of unbranched alkanes of at least 4 members (excludes halogenated alkanes) is 2. The predicted molar refractivity (Wildman–Crippen MR) is 111 cm³/mol. The van der Waals surface area contributed by atoms with Gasteiger partial charge >= 0.3 is 0 Å². The molecule has 0 amide bonds. The molecule has 5 heteroatoms. The van der Waals surface area contributed by atoms with Gasteiger partial charge in [0.15, 0.2) is 5.96 Å². The molecule has 26 heavy (non-hydrogen) atoms. The molecule has 0 unspecified atom stereocenters. The van der Waals surface area contributed by atoms with Gasteiger partial charge in [0.1, 0.15) is 0 Å². The highest BCUT2D eigenvalue weighted by molar-refractivity contribution is 5.79. The van der Waals surface area contributed by atoms with E-state index in [0.29, 0.717) is 12.1 Å². The molecule has 2 rings (SSSR count). The van der Waals surface area contributed by atoms with Crippen molar-refractivity contribution in [2.24, 2.45) is 4.99 Å². The maximum absolute atomic E-state index is 5.99. The highest BCUT2D eigenvalue weighted by Crippen LogP contribution is 2.20. The molecule has 2 fully saturated rings. The lowest BCUT2D eigenvalue weighted by Crippen LogP contribution is -2.48. The number of aliphatic imine (C=N–C) groups is 1. The van der Waals surface area contributed by atoms with Crippen molar-refractivity contribution in [2.45, 2.75) is 76.4 Å². The number of piperidine rings is 1. The fraction of sp³-hybridized carbons (Fsp3) is 0.857. The van der Waals surface area contributed by atoms with Crippen LogP contribution in [0.15, 0.2) is 17.6 Å². The standard InChI is InChI=1S/C21H40N4O/c1-3-15-25-16-12-19(13-17-25)24-21(22-2)23-14-8-5-9-18-26-20-10-6-4-7-11-20/h3,19-20H,1,4-18H2,2H3,(H2,22,23,24). The summed E-state index contributed by atoms with van der Waals surface area (Å²) in [5.74, 6) is 0.950. The largest absolute Gasteiger partial charge is 0.378 e. The van der Waals surface area contributed by atoms with E-state index in [2.05, 4.69) is 27.1 Å². The minimum atomic E-state index is 0.533. The molecule has 1 aliphatic carbocycles. The van der Waals surface area contributed by atoms with E-state index < -0.39 is 0 Å². The first-order valence-electron chi connectivity index (χ1n) is 10.7. The number of likely N-dealkylation sites (tertiary alicyclic amines) is 1. The Morgan fingerprint density at radius 2 is 1.88 bits per heavy atom. The van der Waals surface area contributed by atoms with E-state index in [-0.39, 0.29) is 0 Å². The summed E-state index contributed by atoms with van der Waals surface area (Å²) in [5, 5.41) is 7.04. The molecule has 2 N–H and O–H groups in total. The molecule has 0 aromatic heterocycles. The minimum Gasteiger partial charge on any atom is -0.378 e. The number of ether oxygens (including phenoxy) is 1. The van der Waals surface area contributed by atoms with Crippen LogP contribution in [0.3, 0.4) is 0 Å². The van der Waals surface area contributed by atoms with Gasteiger partial charge in [-0.2, -0.15) is 0 Å². The third kappa shape index (κ3) is 8.54. The van der Waals surface area contributed by atoms with E-state index in [9.17, 15) is 0 Å². The van der Waals surface area contributed by atoms with Crippen molar-refractivity contribution in [1.29, 1.82) is 0 Å². The monoisotopic (exact) mass is 364 g/mol. The normalized spacial score (nSPS) is 20.9. The number of rotatable bonds is 10. The fourth-order valence-electron chi connectivity index (χ4n) is 3.92. The van der Waals surface area contributed by atoms with Crippen LogP contribution >= 0.6 is 0 Å². The number of hydrogen-bond donors (Lipinski definition) is 2. The van der Waals surface area contributed by atoms with Gasteiger partial charge in [0.05, 0.1) is 6.10 Å². The Morgan fingerprint density at radius 3 is 2.58 bits per heavy atom. The van der Waals surface area contributed by atoms with Gasteiger partial charge in [-0.15, -0.1) is 6.58 Å². The maximum Gasteiger partial charge on any atom is 0.191 e. The molecule has 0 radical (unpaired) electrons. The number of hydrogen-bond acceptors (Lipinski definition) is 3. The van der Waals surface area contributed by atoms with Crippen LogP contribution in [0.25, 0.3) is 0 Å². The van der Waals surface area contributed by atoms with Gasteiger partial charge in [-0.1, -0.05) is 25.3 Å². The quantitative estimate of drug-likeness (QED) is 0.270. The van der Waals surface area contributed by atoms with E-state index in [1.165, 1.54) is 64.2 Å². The van der Waals surface area contributed by atoms with Crippen LogP contribution in [0.5, 0.6) is 0 Å². The van der Waals surface area contributed by atoms with Crippen LogP contribution in [0.1, 0.15) is 64.2 Å². The molecule has 1 heterocycles. The smallest absolute Gasteiger partial charge is 0.191 e. The molecule has 150 valence electrons. The van der Waals surface area contributed by atoms with Gasteiger partial charge < -0.3 is 15.4 Å². The first-order valence-corrected chi connectivity index (χ1v) is 10.7. The Kier molecular flexibility index (Phi) is 10.7. The van der Waals surface area contributed by atoms with Crippen molar-refractivity contribution in [3.05, 3.63) is 12.7 Å². The molecule has 0 aromatic rings. The lowest BCUT2D eigenvalue weighted by molar-refractivity contribution is 0.0264. The molecule has 0 bridgehead atoms. The fourth-order valence-corrected chi connectivity index (χ4v) is 3.92. The first kappa shape index (κ1) is 21.2. The van der Waals surface area contributed by atoms with E-state index in [4.69, 9.17) is 4.74 Å². The molecular weight excluding hydrogens is 324 g/mol. The van der Waals surface area contributed by atoms with Crippen molar-refractivity contribution >= 4 is 5.96 Å². The molecule has 0 atom stereocenters. The summed E-state index contributed by atoms with van der Waals surface area (Å²) in [4.78, 5) is 6.83. The van der Waals surface area contributed by atoms with Crippen LogP contribution < -0.4 is 10.6 Å². The molecule has 1 saturated heterocycles. The second-order valence-electron chi connectivity index (χ2n) is 7.70. The first-order chi connectivity index (χ1) is 12.8. The van der Waals surface area contributed by atoms with Crippen LogP contribution in [0, 0.1) is 0 Å². The van der Waals surface area contributed by atoms with E-state index in [1.54, 1.807) is 0 Å². The average molecular weight is 365 g/mol. The summed E-state index contributed by atoms with van der Waals surface area (Å²) in [6, 6.07) is 0.533. The third-order valence-electron chi connectivity index (χ3n) is 5.56. The van der Waals surface area contributed by atoms with Gasteiger partial charge in [0.2, 0.25) is 0 Å². The van der Waals surface area contributed by atoms with Crippen LogP contribution in [0.2, 0.25) is 0 Å².